The van der Waals surface area contributed by atoms with Crippen LogP contribution in [0.5, 0.6) is 0 Å². The van der Waals surface area contributed by atoms with Gasteiger partial charge in [0, 0.05) is 19.3 Å². The summed E-state index contributed by atoms with van der Waals surface area (Å²) in [5, 5.41) is 31.6. The van der Waals surface area contributed by atoms with Gasteiger partial charge in [0.2, 0.25) is 0 Å². The molecule has 1 rings (SSSR count). The first-order chi connectivity index (χ1) is 39.6. The minimum atomic E-state index is -1.90. The van der Waals surface area contributed by atoms with Crippen LogP contribution in [0.2, 0.25) is 0 Å². The summed E-state index contributed by atoms with van der Waals surface area (Å²) >= 11 is 0. The Morgan fingerprint density at radius 2 is 0.704 bits per heavy atom. The summed E-state index contributed by atoms with van der Waals surface area (Å²) in [4.78, 5) is 51.4. The minimum Gasteiger partial charge on any atom is -0.479 e. The Bertz CT molecular complexity index is 1460. The number of aliphatic carboxylic acids is 1. The number of hydrogen-bond acceptors (Lipinski definition) is 11. The van der Waals surface area contributed by atoms with Crippen LogP contribution in [0.4, 0.5) is 0 Å². The highest BCUT2D eigenvalue weighted by molar-refractivity contribution is 5.74. The zero-order chi connectivity index (χ0) is 58.9. The van der Waals surface area contributed by atoms with Gasteiger partial charge in [-0.05, 0) is 44.9 Å². The second-order valence-corrected chi connectivity index (χ2v) is 24.2. The van der Waals surface area contributed by atoms with Crippen LogP contribution in [-0.4, -0.2) is 89.2 Å². The van der Waals surface area contributed by atoms with Gasteiger partial charge in [-0.3, -0.25) is 14.4 Å². The van der Waals surface area contributed by atoms with Gasteiger partial charge in [-0.25, -0.2) is 4.79 Å². The molecule has 12 heteroatoms. The van der Waals surface area contributed by atoms with Crippen molar-refractivity contribution in [2.24, 2.45) is 0 Å². The Morgan fingerprint density at radius 1 is 0.395 bits per heavy atom. The molecule has 0 saturated carbocycles. The number of aliphatic hydroxyl groups is 2. The van der Waals surface area contributed by atoms with E-state index in [-0.39, 0.29) is 25.9 Å². The molecule has 6 unspecified atom stereocenters. The van der Waals surface area contributed by atoms with Gasteiger partial charge < -0.3 is 39.0 Å². The van der Waals surface area contributed by atoms with Crippen molar-refractivity contribution in [2.45, 2.75) is 391 Å². The number of allylic oxidation sites excluding steroid dienone is 2. The molecule has 12 nitrogen and oxygen atoms in total. The Hall–Kier alpha value is -2.54. The Balaban J connectivity index is 2.61. The fourth-order valence-electron chi connectivity index (χ4n) is 11.0. The van der Waals surface area contributed by atoms with Gasteiger partial charge in [0.05, 0.1) is 6.61 Å². The van der Waals surface area contributed by atoms with E-state index in [2.05, 4.69) is 32.9 Å². The van der Waals surface area contributed by atoms with Crippen LogP contribution in [0, 0.1) is 0 Å². The largest absolute Gasteiger partial charge is 0.479 e. The molecular formula is C69H128O12. The number of hydrogen-bond donors (Lipinski definition) is 3. The van der Waals surface area contributed by atoms with Crippen LogP contribution in [0.15, 0.2) is 12.2 Å². The van der Waals surface area contributed by atoms with Crippen LogP contribution < -0.4 is 0 Å². The van der Waals surface area contributed by atoms with Crippen LogP contribution in [-0.2, 0) is 42.9 Å². The smallest absolute Gasteiger partial charge is 0.335 e. The van der Waals surface area contributed by atoms with Gasteiger partial charge in [-0.15, -0.1) is 0 Å². The standard InChI is InChI=1S/C69H128O12/c1-4-7-10-13-16-19-22-25-28-30-31-33-35-37-40-43-46-49-52-55-61(70)77-58-60(79-62(71)56-53-50-47-44-41-39-36-32-29-26-23-20-17-14-11-8-5-2)59-78-69-67(65(74)64(73)66(81-69)68(75)76)80-63(72)57-54-51-48-45-42-38-34-27-24-21-18-15-12-9-6-3/h26,29,60,64-67,69,73-74H,4-25,27-28,30-59H2,1-3H3,(H,75,76)/b29-26-. The van der Waals surface area contributed by atoms with Crippen LogP contribution in [0.1, 0.15) is 355 Å². The van der Waals surface area contributed by atoms with E-state index >= 15 is 0 Å². The third-order valence-corrected chi connectivity index (χ3v) is 16.3. The van der Waals surface area contributed by atoms with Gasteiger partial charge in [0.15, 0.2) is 24.6 Å². The molecule has 0 aromatic carbocycles. The van der Waals surface area contributed by atoms with E-state index < -0.39 is 67.3 Å². The predicted molar refractivity (Wildman–Crippen MR) is 331 cm³/mol. The summed E-state index contributed by atoms with van der Waals surface area (Å²) in [5.74, 6) is -3.07. The molecule has 1 fully saturated rings. The maximum absolute atomic E-state index is 13.2. The molecular weight excluding hydrogens is 1020 g/mol. The number of esters is 3. The fraction of sp³-hybridized carbons (Fsp3) is 0.913. The highest BCUT2D eigenvalue weighted by Crippen LogP contribution is 2.27. The Labute approximate surface area is 496 Å². The number of aliphatic hydroxyl groups excluding tert-OH is 2. The molecule has 1 heterocycles. The maximum atomic E-state index is 13.2. The first-order valence-corrected chi connectivity index (χ1v) is 34.7. The molecule has 0 aliphatic carbocycles. The van der Waals surface area contributed by atoms with Gasteiger partial charge in [-0.2, -0.15) is 0 Å². The van der Waals surface area contributed by atoms with Crippen LogP contribution in [0.25, 0.3) is 0 Å². The summed E-state index contributed by atoms with van der Waals surface area (Å²) in [6, 6.07) is 0. The zero-order valence-electron chi connectivity index (χ0n) is 52.8. The monoisotopic (exact) mass is 1150 g/mol. The Morgan fingerprint density at radius 3 is 1.05 bits per heavy atom. The van der Waals surface area contributed by atoms with E-state index in [0.29, 0.717) is 19.3 Å². The molecule has 6 atom stereocenters. The molecule has 81 heavy (non-hydrogen) atoms. The normalized spacial score (nSPS) is 17.7. The summed E-state index contributed by atoms with van der Waals surface area (Å²) < 4.78 is 28.6. The lowest BCUT2D eigenvalue weighted by atomic mass is 9.98. The van der Waals surface area contributed by atoms with E-state index in [9.17, 15) is 34.5 Å². The quantitative estimate of drug-likeness (QED) is 0.0228. The van der Waals surface area contributed by atoms with Crippen molar-refractivity contribution in [2.75, 3.05) is 13.2 Å². The van der Waals surface area contributed by atoms with Crippen molar-refractivity contribution < 1.29 is 58.2 Å². The molecule has 1 aliphatic rings. The van der Waals surface area contributed by atoms with Gasteiger partial charge >= 0.3 is 23.9 Å². The molecule has 476 valence electrons. The molecule has 0 spiro atoms. The average molecular weight is 1150 g/mol. The maximum Gasteiger partial charge on any atom is 0.335 e. The Kier molecular flexibility index (Phi) is 54.6. The number of carbonyl (C=O) groups is 4. The summed E-state index contributed by atoms with van der Waals surface area (Å²) in [6.07, 6.45) is 54.5. The number of carboxylic acids is 1. The molecule has 3 N–H and O–H groups in total. The topological polar surface area (TPSA) is 175 Å². The van der Waals surface area contributed by atoms with Crippen molar-refractivity contribution in [3.8, 4) is 0 Å². The van der Waals surface area contributed by atoms with E-state index in [1.54, 1.807) is 0 Å². The number of carbonyl (C=O) groups excluding carboxylic acids is 3. The molecule has 1 saturated heterocycles. The number of carboxylic acid groups (broad SMARTS) is 1. The molecule has 0 radical (unpaired) electrons. The summed E-state index contributed by atoms with van der Waals surface area (Å²) in [6.45, 7) is 6.07. The highest BCUT2D eigenvalue weighted by atomic mass is 16.7. The van der Waals surface area contributed by atoms with E-state index in [1.165, 1.54) is 225 Å². The highest BCUT2D eigenvalue weighted by Gasteiger charge is 2.50. The molecule has 0 amide bonds. The van der Waals surface area contributed by atoms with Gasteiger partial charge in [-0.1, -0.05) is 303 Å². The van der Waals surface area contributed by atoms with Crippen molar-refractivity contribution in [1.82, 2.24) is 0 Å². The first kappa shape index (κ1) is 76.5. The van der Waals surface area contributed by atoms with Gasteiger partial charge in [0.1, 0.15) is 18.8 Å². The molecule has 1 aliphatic heterocycles. The summed E-state index contributed by atoms with van der Waals surface area (Å²) in [7, 11) is 0. The zero-order valence-corrected chi connectivity index (χ0v) is 52.8. The van der Waals surface area contributed by atoms with Crippen molar-refractivity contribution in [1.29, 1.82) is 0 Å². The van der Waals surface area contributed by atoms with Crippen LogP contribution in [0.3, 0.4) is 0 Å². The third-order valence-electron chi connectivity index (χ3n) is 16.3. The number of rotatable bonds is 61. The number of ether oxygens (including phenoxy) is 5. The predicted octanol–water partition coefficient (Wildman–Crippen LogP) is 18.8. The van der Waals surface area contributed by atoms with Crippen LogP contribution >= 0.6 is 0 Å². The van der Waals surface area contributed by atoms with Crippen molar-refractivity contribution in [3.63, 3.8) is 0 Å². The second kappa shape index (κ2) is 57.9. The van der Waals surface area contributed by atoms with Crippen molar-refractivity contribution in [3.05, 3.63) is 12.2 Å². The second-order valence-electron chi connectivity index (χ2n) is 24.2. The van der Waals surface area contributed by atoms with E-state index in [0.717, 1.165) is 70.6 Å². The summed E-state index contributed by atoms with van der Waals surface area (Å²) in [5.41, 5.74) is 0. The van der Waals surface area contributed by atoms with Crippen molar-refractivity contribution >= 4 is 23.9 Å². The lowest BCUT2D eigenvalue weighted by Crippen LogP contribution is -2.61. The first-order valence-electron chi connectivity index (χ1n) is 34.7. The minimum absolute atomic E-state index is 0.0688. The lowest BCUT2D eigenvalue weighted by molar-refractivity contribution is -0.301. The number of unbranched alkanes of at least 4 members (excludes halogenated alkanes) is 45. The SMILES string of the molecule is CCCCCCCC/C=C\CCCCCCCCCC(=O)OC(COC(=O)CCCCCCCCCCCCCCCCCCCCC)COC1OC(C(=O)O)C(O)C(O)C1OC(=O)CCCCCCCCCCCCCCCCC. The lowest BCUT2D eigenvalue weighted by Gasteiger charge is -2.40. The van der Waals surface area contributed by atoms with E-state index in [1.807, 2.05) is 0 Å². The molecule has 0 bridgehead atoms. The van der Waals surface area contributed by atoms with E-state index in [4.69, 9.17) is 23.7 Å². The average Bonchev–Trinajstić information content (AvgIpc) is 3.52. The molecule has 0 aromatic rings. The fourth-order valence-corrected chi connectivity index (χ4v) is 11.0. The van der Waals surface area contributed by atoms with Gasteiger partial charge in [0.25, 0.3) is 0 Å². The third kappa shape index (κ3) is 47.4. The molecule has 0 aromatic heterocycles.